The molecule has 27 heavy (non-hydrogen) atoms. The Hall–Kier alpha value is -3.06. The average Bonchev–Trinajstić information content (AvgIpc) is 3.12. The third-order valence-corrected chi connectivity index (χ3v) is 4.67. The van der Waals surface area contributed by atoms with Gasteiger partial charge in [-0.25, -0.2) is 9.07 Å². The maximum atomic E-state index is 13.1. The van der Waals surface area contributed by atoms with Gasteiger partial charge in [-0.05, 0) is 41.8 Å². The number of ether oxygens (including phenoxy) is 1. The Morgan fingerprint density at radius 1 is 1.22 bits per heavy atom. The van der Waals surface area contributed by atoms with E-state index in [1.807, 2.05) is 24.3 Å². The van der Waals surface area contributed by atoms with Crippen LogP contribution in [0.1, 0.15) is 40.3 Å². The van der Waals surface area contributed by atoms with Gasteiger partial charge in [0.15, 0.2) is 5.69 Å². The first kappa shape index (κ1) is 17.4. The molecule has 2 heterocycles. The summed E-state index contributed by atoms with van der Waals surface area (Å²) in [6, 6.07) is 13.9. The lowest BCUT2D eigenvalue weighted by Gasteiger charge is -2.24. The summed E-state index contributed by atoms with van der Waals surface area (Å²) in [5.74, 6) is -0.605. The second kappa shape index (κ2) is 7.28. The Morgan fingerprint density at radius 3 is 2.67 bits per heavy atom. The molecule has 1 aliphatic rings. The highest BCUT2D eigenvalue weighted by atomic mass is 19.1. The Morgan fingerprint density at radius 2 is 1.96 bits per heavy atom. The number of carbonyl (C=O) groups excluding carboxylic acids is 1. The third-order valence-electron chi connectivity index (χ3n) is 4.67. The fourth-order valence-corrected chi connectivity index (χ4v) is 3.08. The number of anilines is 1. The van der Waals surface area contributed by atoms with Gasteiger partial charge in [0.05, 0.1) is 18.8 Å². The van der Waals surface area contributed by atoms with Gasteiger partial charge in [0.25, 0.3) is 5.91 Å². The largest absolute Gasteiger partial charge is 0.365 e. The van der Waals surface area contributed by atoms with Crippen molar-refractivity contribution in [2.75, 3.05) is 5.32 Å². The molecule has 3 aromatic rings. The molecular weight excluding hydrogens is 347 g/mol. The number of halogens is 1. The van der Waals surface area contributed by atoms with E-state index in [1.54, 1.807) is 16.8 Å². The van der Waals surface area contributed by atoms with Crippen molar-refractivity contribution in [1.29, 1.82) is 0 Å². The predicted molar refractivity (Wildman–Crippen MR) is 97.7 cm³/mol. The van der Waals surface area contributed by atoms with Crippen LogP contribution in [0, 0.1) is 5.82 Å². The number of hydrogen-bond acceptors (Lipinski definition) is 4. The van der Waals surface area contributed by atoms with E-state index in [0.717, 1.165) is 12.0 Å². The third kappa shape index (κ3) is 3.59. The van der Waals surface area contributed by atoms with Crippen molar-refractivity contribution in [3.63, 3.8) is 0 Å². The number of carbonyl (C=O) groups is 1. The van der Waals surface area contributed by atoms with E-state index in [-0.39, 0.29) is 30.1 Å². The summed E-state index contributed by atoms with van der Waals surface area (Å²) in [5.41, 5.74) is 3.66. The molecule has 0 bridgehead atoms. The standard InChI is InChI=1S/C20H19FN4O2/c1-2-13-3-9-16(10-4-13)22-20(26)19-17-12-27-18(11-25(17)24-23-19)14-5-7-15(21)8-6-14/h3-10,18H,2,11-12H2,1H3,(H,22,26)/t18-/m0/s1. The Balaban J connectivity index is 1.48. The van der Waals surface area contributed by atoms with Crippen LogP contribution in [-0.2, 0) is 24.3 Å². The molecule has 0 radical (unpaired) electrons. The summed E-state index contributed by atoms with van der Waals surface area (Å²) in [4.78, 5) is 12.6. The van der Waals surface area contributed by atoms with Crippen LogP contribution in [0.5, 0.6) is 0 Å². The number of nitrogens with one attached hydrogen (secondary N) is 1. The molecular formula is C20H19FN4O2. The molecule has 0 spiro atoms. The van der Waals surface area contributed by atoms with Gasteiger partial charge in [-0.15, -0.1) is 5.10 Å². The number of fused-ring (bicyclic) bond motifs is 1. The molecule has 138 valence electrons. The topological polar surface area (TPSA) is 69.0 Å². The highest BCUT2D eigenvalue weighted by Crippen LogP contribution is 2.27. The molecule has 1 amide bonds. The molecule has 7 heteroatoms. The summed E-state index contributed by atoms with van der Waals surface area (Å²) in [5, 5.41) is 11.0. The summed E-state index contributed by atoms with van der Waals surface area (Å²) in [7, 11) is 0. The zero-order valence-corrected chi connectivity index (χ0v) is 14.9. The van der Waals surface area contributed by atoms with Gasteiger partial charge in [0.2, 0.25) is 0 Å². The van der Waals surface area contributed by atoms with Crippen LogP contribution in [0.4, 0.5) is 10.1 Å². The molecule has 2 aromatic carbocycles. The second-order valence-electron chi connectivity index (χ2n) is 6.42. The minimum absolute atomic E-state index is 0.215. The number of rotatable bonds is 4. The van der Waals surface area contributed by atoms with Crippen LogP contribution in [0.3, 0.4) is 0 Å². The van der Waals surface area contributed by atoms with Crippen molar-refractivity contribution >= 4 is 11.6 Å². The summed E-state index contributed by atoms with van der Waals surface area (Å²) >= 11 is 0. The molecule has 6 nitrogen and oxygen atoms in total. The van der Waals surface area contributed by atoms with E-state index in [4.69, 9.17) is 4.74 Å². The molecule has 0 aliphatic carbocycles. The van der Waals surface area contributed by atoms with E-state index >= 15 is 0 Å². The van der Waals surface area contributed by atoms with E-state index < -0.39 is 0 Å². The van der Waals surface area contributed by atoms with E-state index in [9.17, 15) is 9.18 Å². The van der Waals surface area contributed by atoms with Gasteiger partial charge in [0.1, 0.15) is 11.9 Å². The monoisotopic (exact) mass is 366 g/mol. The second-order valence-corrected chi connectivity index (χ2v) is 6.42. The Labute approximate surface area is 156 Å². The first-order chi connectivity index (χ1) is 13.1. The minimum Gasteiger partial charge on any atom is -0.365 e. The van der Waals surface area contributed by atoms with Gasteiger partial charge in [0, 0.05) is 5.69 Å². The lowest BCUT2D eigenvalue weighted by molar-refractivity contribution is -0.00174. The molecule has 1 aliphatic heterocycles. The van der Waals surface area contributed by atoms with Crippen LogP contribution >= 0.6 is 0 Å². The summed E-state index contributed by atoms with van der Waals surface area (Å²) in [6.45, 7) is 2.72. The normalized spacial score (nSPS) is 16.0. The summed E-state index contributed by atoms with van der Waals surface area (Å²) < 4.78 is 20.6. The minimum atomic E-state index is -0.315. The van der Waals surface area contributed by atoms with Crippen molar-refractivity contribution in [1.82, 2.24) is 15.0 Å². The average molecular weight is 366 g/mol. The van der Waals surface area contributed by atoms with Crippen molar-refractivity contribution in [3.8, 4) is 0 Å². The molecule has 1 N–H and O–H groups in total. The van der Waals surface area contributed by atoms with Crippen molar-refractivity contribution in [2.45, 2.75) is 32.6 Å². The Bertz CT molecular complexity index is 951. The van der Waals surface area contributed by atoms with Gasteiger partial charge < -0.3 is 10.1 Å². The van der Waals surface area contributed by atoms with Crippen molar-refractivity contribution in [3.05, 3.63) is 76.9 Å². The maximum absolute atomic E-state index is 13.1. The van der Waals surface area contributed by atoms with Crippen LogP contribution in [0.25, 0.3) is 0 Å². The van der Waals surface area contributed by atoms with Gasteiger partial charge in [-0.2, -0.15) is 0 Å². The predicted octanol–water partition coefficient (Wildman–Crippen LogP) is 3.50. The summed E-state index contributed by atoms with van der Waals surface area (Å²) in [6.07, 6.45) is 0.691. The Kier molecular flexibility index (Phi) is 4.68. The van der Waals surface area contributed by atoms with Gasteiger partial charge >= 0.3 is 0 Å². The molecule has 0 saturated carbocycles. The van der Waals surface area contributed by atoms with Gasteiger partial charge in [-0.1, -0.05) is 36.4 Å². The molecule has 0 unspecified atom stereocenters. The quantitative estimate of drug-likeness (QED) is 0.767. The van der Waals surface area contributed by atoms with Crippen molar-refractivity contribution < 1.29 is 13.9 Å². The number of hydrogen-bond donors (Lipinski definition) is 1. The fourth-order valence-electron chi connectivity index (χ4n) is 3.08. The fraction of sp³-hybridized carbons (Fsp3) is 0.250. The van der Waals surface area contributed by atoms with Crippen LogP contribution < -0.4 is 5.32 Å². The first-order valence-electron chi connectivity index (χ1n) is 8.83. The smallest absolute Gasteiger partial charge is 0.278 e. The number of aromatic nitrogens is 3. The lowest BCUT2D eigenvalue weighted by Crippen LogP contribution is -2.24. The number of benzene rings is 2. The zero-order chi connectivity index (χ0) is 18.8. The first-order valence-corrected chi connectivity index (χ1v) is 8.83. The maximum Gasteiger partial charge on any atom is 0.278 e. The van der Waals surface area contributed by atoms with E-state index in [2.05, 4.69) is 22.6 Å². The van der Waals surface area contributed by atoms with E-state index in [0.29, 0.717) is 17.9 Å². The molecule has 0 saturated heterocycles. The SMILES string of the molecule is CCc1ccc(NC(=O)c2nnn3c2CO[C@H](c2ccc(F)cc2)C3)cc1. The number of aryl methyl sites for hydroxylation is 1. The van der Waals surface area contributed by atoms with Crippen LogP contribution in [0.15, 0.2) is 48.5 Å². The van der Waals surface area contributed by atoms with E-state index in [1.165, 1.54) is 17.7 Å². The molecule has 1 aromatic heterocycles. The van der Waals surface area contributed by atoms with Crippen LogP contribution in [-0.4, -0.2) is 20.9 Å². The number of nitrogens with zero attached hydrogens (tertiary/aromatic N) is 3. The van der Waals surface area contributed by atoms with Gasteiger partial charge in [-0.3, -0.25) is 4.79 Å². The molecule has 1 atom stereocenters. The zero-order valence-electron chi connectivity index (χ0n) is 14.9. The number of amides is 1. The molecule has 0 fully saturated rings. The molecule has 4 rings (SSSR count). The van der Waals surface area contributed by atoms with Crippen LogP contribution in [0.2, 0.25) is 0 Å². The highest BCUT2D eigenvalue weighted by Gasteiger charge is 2.27. The highest BCUT2D eigenvalue weighted by molar-refractivity contribution is 6.03. The van der Waals surface area contributed by atoms with Crippen molar-refractivity contribution in [2.24, 2.45) is 0 Å². The lowest BCUT2D eigenvalue weighted by atomic mass is 10.1.